The van der Waals surface area contributed by atoms with Crippen LogP contribution >= 0.6 is 11.6 Å². The Morgan fingerprint density at radius 2 is 2.03 bits per heavy atom. The minimum Gasteiger partial charge on any atom is -0.487 e. The summed E-state index contributed by atoms with van der Waals surface area (Å²) in [6, 6.07) is 6.18. The van der Waals surface area contributed by atoms with Crippen molar-refractivity contribution >= 4 is 34.4 Å². The molecule has 3 aromatic rings. The van der Waals surface area contributed by atoms with Gasteiger partial charge in [-0.05, 0) is 80.8 Å². The average Bonchev–Trinajstić information content (AvgIpc) is 3.61. The summed E-state index contributed by atoms with van der Waals surface area (Å²) in [6.07, 6.45) is 11.0. The van der Waals surface area contributed by atoms with E-state index in [0.29, 0.717) is 16.4 Å². The second-order valence-corrected chi connectivity index (χ2v) is 11.1. The summed E-state index contributed by atoms with van der Waals surface area (Å²) >= 11 is 6.60. The van der Waals surface area contributed by atoms with E-state index in [4.69, 9.17) is 27.1 Å². The number of pyridine rings is 1. The van der Waals surface area contributed by atoms with E-state index in [1.54, 1.807) is 6.20 Å². The van der Waals surface area contributed by atoms with Gasteiger partial charge in [0.2, 0.25) is 5.91 Å². The van der Waals surface area contributed by atoms with E-state index in [-0.39, 0.29) is 35.3 Å². The van der Waals surface area contributed by atoms with E-state index in [1.165, 1.54) is 5.56 Å². The Morgan fingerprint density at radius 1 is 1.19 bits per heavy atom. The molecule has 2 aliphatic heterocycles. The highest BCUT2D eigenvalue weighted by Crippen LogP contribution is 2.46. The van der Waals surface area contributed by atoms with Crippen LogP contribution in [0.1, 0.15) is 31.2 Å². The Bertz CT molecular complexity index is 1390. The summed E-state index contributed by atoms with van der Waals surface area (Å²) in [5.74, 6) is 1.60. The van der Waals surface area contributed by atoms with Crippen LogP contribution in [0.15, 0.2) is 36.5 Å². The van der Waals surface area contributed by atoms with Crippen LogP contribution in [0.4, 0.5) is 5.69 Å². The molecule has 1 saturated heterocycles. The Hall–Kier alpha value is -3.10. The van der Waals surface area contributed by atoms with Crippen molar-refractivity contribution in [3.05, 3.63) is 47.1 Å². The number of carbonyl (C=O) groups is 1. The molecular weight excluding hydrogens is 476 g/mol. The van der Waals surface area contributed by atoms with Gasteiger partial charge in [0, 0.05) is 11.6 Å². The number of carbonyl (C=O) groups excluding carboxylic acids is 1. The Balaban J connectivity index is 1.20. The zero-order valence-electron chi connectivity index (χ0n) is 19.9. The highest BCUT2D eigenvalue weighted by atomic mass is 35.5. The monoisotopic (exact) mass is 504 g/mol. The molecule has 0 radical (unpaired) electrons. The molecule has 4 aliphatic rings. The number of rotatable bonds is 4. The standard InChI is InChI=1S/C27H29ClN6O2/c28-18-13-31-26-23(22(18)32-21-16-2-1-15(12-16)20(21)24(29)35)33-25(34-26)17-3-4-19-14(11-17)5-6-27(36-19)7-9-30-10-8-27/h1-4,11,13,15-16,20-21,30H,5-10,12H2,(H2,29,35)(H2,31,32,33,34). The van der Waals surface area contributed by atoms with Crippen LogP contribution in [0.3, 0.4) is 0 Å². The number of ether oxygens (including phenoxy) is 1. The first-order valence-electron chi connectivity index (χ1n) is 12.8. The molecule has 2 bridgehead atoms. The number of aryl methyl sites for hydroxylation is 1. The second kappa shape index (κ2) is 8.21. The SMILES string of the molecule is NC(=O)C1C2C=CC(C2)C1Nc1c(Cl)cnc2nc(-c3ccc4c(c3)CCC3(CCNCC3)O4)[nH]c12. The Labute approximate surface area is 214 Å². The van der Waals surface area contributed by atoms with Crippen LogP contribution in [0.25, 0.3) is 22.6 Å². The van der Waals surface area contributed by atoms with Crippen LogP contribution in [0.5, 0.6) is 5.75 Å². The number of aromatic amines is 1. The van der Waals surface area contributed by atoms with Gasteiger partial charge in [-0.1, -0.05) is 23.8 Å². The van der Waals surface area contributed by atoms with Crippen molar-refractivity contribution in [2.75, 3.05) is 18.4 Å². The number of hydrogen-bond donors (Lipinski definition) is 4. The van der Waals surface area contributed by atoms with Crippen molar-refractivity contribution in [1.29, 1.82) is 0 Å². The number of nitrogens with one attached hydrogen (secondary N) is 3. The number of piperidine rings is 1. The van der Waals surface area contributed by atoms with Gasteiger partial charge in [-0.25, -0.2) is 9.97 Å². The number of halogens is 1. The van der Waals surface area contributed by atoms with E-state index in [1.807, 2.05) is 0 Å². The molecular formula is C27H29ClN6O2. The normalized spacial score (nSPS) is 27.8. The van der Waals surface area contributed by atoms with Crippen molar-refractivity contribution in [3.8, 4) is 17.1 Å². The number of primary amides is 1. The third kappa shape index (κ3) is 3.50. The van der Waals surface area contributed by atoms with Gasteiger partial charge >= 0.3 is 0 Å². The van der Waals surface area contributed by atoms with Crippen LogP contribution in [0.2, 0.25) is 5.02 Å². The molecule has 2 aliphatic carbocycles. The Kier molecular flexibility index (Phi) is 5.05. The minimum absolute atomic E-state index is 0.0297. The van der Waals surface area contributed by atoms with Crippen LogP contribution in [-0.4, -0.2) is 45.6 Å². The van der Waals surface area contributed by atoms with Crippen LogP contribution in [-0.2, 0) is 11.2 Å². The van der Waals surface area contributed by atoms with Crippen molar-refractivity contribution in [2.45, 2.75) is 43.7 Å². The number of nitrogens with two attached hydrogens (primary N) is 1. The number of fused-ring (bicyclic) bond motifs is 4. The van der Waals surface area contributed by atoms with Gasteiger partial charge in [0.05, 0.1) is 22.8 Å². The van der Waals surface area contributed by atoms with Gasteiger partial charge in [-0.15, -0.1) is 0 Å². The van der Waals surface area contributed by atoms with Gasteiger partial charge < -0.3 is 26.1 Å². The molecule has 1 amide bonds. The quantitative estimate of drug-likeness (QED) is 0.401. The predicted molar refractivity (Wildman–Crippen MR) is 139 cm³/mol. The van der Waals surface area contributed by atoms with Gasteiger partial charge in [0.25, 0.3) is 0 Å². The fourth-order valence-corrected chi connectivity index (χ4v) is 6.89. The van der Waals surface area contributed by atoms with Crippen LogP contribution < -0.4 is 21.1 Å². The Morgan fingerprint density at radius 3 is 2.86 bits per heavy atom. The van der Waals surface area contributed by atoms with Gasteiger partial charge in [-0.3, -0.25) is 4.79 Å². The summed E-state index contributed by atoms with van der Waals surface area (Å²) in [5.41, 5.74) is 9.95. The van der Waals surface area contributed by atoms with E-state index >= 15 is 0 Å². The van der Waals surface area contributed by atoms with Crippen molar-refractivity contribution in [3.63, 3.8) is 0 Å². The lowest BCUT2D eigenvalue weighted by molar-refractivity contribution is -0.122. The summed E-state index contributed by atoms with van der Waals surface area (Å²) < 4.78 is 6.52. The fourth-order valence-electron chi connectivity index (χ4n) is 6.69. The van der Waals surface area contributed by atoms with E-state index in [2.05, 4.69) is 51.0 Å². The molecule has 1 aromatic carbocycles. The first kappa shape index (κ1) is 22.1. The maximum absolute atomic E-state index is 12.2. The minimum atomic E-state index is -0.279. The third-order valence-corrected chi connectivity index (χ3v) is 8.88. The van der Waals surface area contributed by atoms with E-state index in [9.17, 15) is 4.79 Å². The number of H-pyrrole nitrogens is 1. The maximum Gasteiger partial charge on any atom is 0.223 e. The molecule has 1 saturated carbocycles. The first-order chi connectivity index (χ1) is 17.5. The number of aromatic nitrogens is 3. The van der Waals surface area contributed by atoms with Gasteiger partial charge in [0.1, 0.15) is 22.7 Å². The molecule has 186 valence electrons. The topological polar surface area (TPSA) is 118 Å². The van der Waals surface area contributed by atoms with Crippen molar-refractivity contribution in [2.24, 2.45) is 23.5 Å². The summed E-state index contributed by atoms with van der Waals surface area (Å²) in [4.78, 5) is 24.9. The van der Waals surface area contributed by atoms with Gasteiger partial charge in [0.15, 0.2) is 5.65 Å². The zero-order valence-corrected chi connectivity index (χ0v) is 20.6. The zero-order chi connectivity index (χ0) is 24.4. The predicted octanol–water partition coefficient (Wildman–Crippen LogP) is 3.81. The maximum atomic E-state index is 12.2. The molecule has 4 atom stereocenters. The van der Waals surface area contributed by atoms with Crippen molar-refractivity contribution < 1.29 is 9.53 Å². The highest BCUT2D eigenvalue weighted by Gasteiger charge is 2.47. The molecule has 2 fully saturated rings. The molecule has 2 aromatic heterocycles. The largest absolute Gasteiger partial charge is 0.487 e. The summed E-state index contributed by atoms with van der Waals surface area (Å²) in [5, 5.41) is 7.46. The number of amides is 1. The molecule has 1 spiro atoms. The first-order valence-corrected chi connectivity index (χ1v) is 13.2. The van der Waals surface area contributed by atoms with Gasteiger partial charge in [-0.2, -0.15) is 0 Å². The molecule has 8 nitrogen and oxygen atoms in total. The van der Waals surface area contributed by atoms with Crippen LogP contribution in [0, 0.1) is 17.8 Å². The molecule has 9 heteroatoms. The molecule has 7 rings (SSSR count). The summed E-state index contributed by atoms with van der Waals surface area (Å²) in [7, 11) is 0. The number of nitrogens with zero attached hydrogens (tertiary/aromatic N) is 2. The lowest BCUT2D eigenvalue weighted by Gasteiger charge is -2.41. The molecule has 4 unspecified atom stereocenters. The third-order valence-electron chi connectivity index (χ3n) is 8.60. The number of anilines is 1. The number of allylic oxidation sites excluding steroid dienone is 1. The fraction of sp³-hybridized carbons (Fsp3) is 0.444. The molecule has 5 N–H and O–H groups in total. The second-order valence-electron chi connectivity index (χ2n) is 10.7. The van der Waals surface area contributed by atoms with E-state index < -0.39 is 0 Å². The molecule has 36 heavy (non-hydrogen) atoms. The number of benzene rings is 1. The number of hydrogen-bond acceptors (Lipinski definition) is 6. The average molecular weight is 505 g/mol. The highest BCUT2D eigenvalue weighted by molar-refractivity contribution is 6.34. The van der Waals surface area contributed by atoms with E-state index in [0.717, 1.165) is 67.8 Å². The molecule has 4 heterocycles. The van der Waals surface area contributed by atoms with Crippen molar-refractivity contribution in [1.82, 2.24) is 20.3 Å². The lowest BCUT2D eigenvalue weighted by atomic mass is 9.83. The smallest absolute Gasteiger partial charge is 0.223 e. The number of imidazole rings is 1. The lowest BCUT2D eigenvalue weighted by Crippen LogP contribution is -2.48. The summed E-state index contributed by atoms with van der Waals surface area (Å²) in [6.45, 7) is 2.02.